The summed E-state index contributed by atoms with van der Waals surface area (Å²) in [5.74, 6) is 1.34. The Bertz CT molecular complexity index is 4560. The van der Waals surface area contributed by atoms with Crippen LogP contribution in [0.5, 0.6) is 11.5 Å². The van der Waals surface area contributed by atoms with Crippen molar-refractivity contribution in [3.8, 4) is 67.1 Å². The van der Waals surface area contributed by atoms with E-state index in [-0.39, 0.29) is 12.5 Å². The van der Waals surface area contributed by atoms with Crippen molar-refractivity contribution < 1.29 is 9.13 Å². The third kappa shape index (κ3) is 8.65. The largest absolute Gasteiger partial charge is 0.456 e. The molecule has 1 aliphatic rings. The summed E-state index contributed by atoms with van der Waals surface area (Å²) < 4.78 is 24.7. The van der Waals surface area contributed by atoms with E-state index < -0.39 is 0 Å². The summed E-state index contributed by atoms with van der Waals surface area (Å²) in [5, 5.41) is 7.24. The minimum Gasteiger partial charge on any atom is -0.456 e. The van der Waals surface area contributed by atoms with E-state index in [1.54, 1.807) is 6.07 Å². The van der Waals surface area contributed by atoms with Crippen molar-refractivity contribution >= 4 is 72.5 Å². The highest BCUT2D eigenvalue weighted by Gasteiger charge is 2.32. The van der Waals surface area contributed by atoms with Gasteiger partial charge in [-0.25, -0.2) is 4.39 Å². The maximum absolute atomic E-state index is 17.7. The SMILES string of the molecule is Cc1cc(C)c(B(c2c(C)cc(C)cc2C)c2cc3c4cccc5c4c(cc3c3ccccc23)-c2ccc(-c3ccc(N(c4ccccc4-c4ccccc4)c4c(F)cc(-c6ccccc6)cc4-c4ccccc4)cc3)cc2O5)c(C)c1. The van der Waals surface area contributed by atoms with Crippen LogP contribution in [0.1, 0.15) is 33.4 Å². The van der Waals surface area contributed by atoms with Crippen molar-refractivity contribution in [3.63, 3.8) is 0 Å². The van der Waals surface area contributed by atoms with Gasteiger partial charge >= 0.3 is 0 Å². The molecule has 0 radical (unpaired) electrons. The van der Waals surface area contributed by atoms with Gasteiger partial charge in [0.2, 0.25) is 6.71 Å². The van der Waals surface area contributed by atoms with Crippen molar-refractivity contribution in [3.05, 3.63) is 288 Å². The van der Waals surface area contributed by atoms with Crippen LogP contribution in [0.2, 0.25) is 0 Å². The van der Waals surface area contributed by atoms with Crippen molar-refractivity contribution in [1.29, 1.82) is 0 Å². The van der Waals surface area contributed by atoms with E-state index in [1.165, 1.54) is 76.7 Å². The highest BCUT2D eigenvalue weighted by molar-refractivity contribution is 6.98. The van der Waals surface area contributed by atoms with Crippen LogP contribution < -0.4 is 26.0 Å². The zero-order chi connectivity index (χ0) is 55.8. The molecule has 4 heteroatoms. The molecule has 0 aliphatic carbocycles. The first-order valence-corrected chi connectivity index (χ1v) is 28.4. The number of hydrogen-bond acceptors (Lipinski definition) is 2. The van der Waals surface area contributed by atoms with Crippen LogP contribution in [0.25, 0.3) is 88.0 Å². The molecule has 0 N–H and O–H groups in total. The number of anilines is 3. The van der Waals surface area contributed by atoms with Crippen LogP contribution >= 0.6 is 0 Å². The molecule has 2 nitrogen and oxygen atoms in total. The van der Waals surface area contributed by atoms with Crippen LogP contribution in [0.15, 0.2) is 249 Å². The number of fused-ring (bicyclic) bond motifs is 6. The smallest absolute Gasteiger partial charge is 0.243 e. The molecule has 392 valence electrons. The fourth-order valence-corrected chi connectivity index (χ4v) is 13.6. The molecule has 1 heterocycles. The van der Waals surface area contributed by atoms with E-state index in [0.29, 0.717) is 5.69 Å². The van der Waals surface area contributed by atoms with Gasteiger partial charge in [-0.15, -0.1) is 0 Å². The number of benzene rings is 13. The summed E-state index contributed by atoms with van der Waals surface area (Å²) in [6.45, 7) is 13.6. The first-order valence-electron chi connectivity index (χ1n) is 28.4. The predicted octanol–water partition coefficient (Wildman–Crippen LogP) is 19.6. The Hall–Kier alpha value is -9.77. The number of ether oxygens (including phenoxy) is 1. The van der Waals surface area contributed by atoms with Gasteiger partial charge in [-0.2, -0.15) is 0 Å². The summed E-state index contributed by atoms with van der Waals surface area (Å²) in [6, 6.07) is 87.7. The average Bonchev–Trinajstić information content (AvgIpc) is 2.99. The highest BCUT2D eigenvalue weighted by atomic mass is 19.1. The second kappa shape index (κ2) is 20.4. The molecule has 13 aromatic carbocycles. The van der Waals surface area contributed by atoms with Crippen molar-refractivity contribution in [2.45, 2.75) is 41.5 Å². The molecule has 0 fully saturated rings. The summed E-state index contributed by atoms with van der Waals surface area (Å²) in [7, 11) is 0. The number of rotatable bonds is 10. The topological polar surface area (TPSA) is 12.5 Å². The van der Waals surface area contributed by atoms with Gasteiger partial charge in [0.25, 0.3) is 0 Å². The Labute approximate surface area is 480 Å². The van der Waals surface area contributed by atoms with Crippen LogP contribution in [-0.2, 0) is 0 Å². The number of aryl methyl sites for hydroxylation is 6. The molecule has 13 aromatic rings. The van der Waals surface area contributed by atoms with E-state index >= 15 is 4.39 Å². The quantitative estimate of drug-likeness (QED) is 0.1000. The average molecular weight is 1060 g/mol. The molecule has 0 amide bonds. The fraction of sp³-hybridized carbons (Fsp3) is 0.0769. The van der Waals surface area contributed by atoms with Crippen LogP contribution in [0.3, 0.4) is 0 Å². The van der Waals surface area contributed by atoms with Gasteiger partial charge in [-0.1, -0.05) is 244 Å². The van der Waals surface area contributed by atoms with Crippen molar-refractivity contribution in [2.24, 2.45) is 0 Å². The van der Waals surface area contributed by atoms with Gasteiger partial charge in [-0.05, 0) is 162 Å². The molecule has 0 saturated carbocycles. The molecule has 1 aliphatic heterocycles. The monoisotopic (exact) mass is 1060 g/mol. The normalized spacial score (nSPS) is 11.7. The van der Waals surface area contributed by atoms with Gasteiger partial charge in [0.15, 0.2) is 0 Å². The molecular weight excluding hydrogens is 997 g/mol. The van der Waals surface area contributed by atoms with Crippen molar-refractivity contribution in [1.82, 2.24) is 0 Å². The number of nitrogens with zero attached hydrogens (tertiary/aromatic N) is 1. The van der Waals surface area contributed by atoms with E-state index in [9.17, 15) is 0 Å². The van der Waals surface area contributed by atoms with Gasteiger partial charge in [0, 0.05) is 27.8 Å². The van der Waals surface area contributed by atoms with E-state index in [2.05, 4.69) is 228 Å². The van der Waals surface area contributed by atoms with E-state index in [4.69, 9.17) is 4.74 Å². The van der Waals surface area contributed by atoms with E-state index in [0.717, 1.165) is 83.9 Å². The van der Waals surface area contributed by atoms with Gasteiger partial charge in [0.05, 0.1) is 11.4 Å². The van der Waals surface area contributed by atoms with Gasteiger partial charge < -0.3 is 9.64 Å². The lowest BCUT2D eigenvalue weighted by molar-refractivity contribution is 0.487. The molecular formula is C78H59BFNO. The van der Waals surface area contributed by atoms with Crippen LogP contribution in [-0.4, -0.2) is 6.71 Å². The molecule has 0 unspecified atom stereocenters. The molecule has 0 atom stereocenters. The Morgan fingerprint density at radius 1 is 0.341 bits per heavy atom. The minimum atomic E-state index is -0.320. The predicted molar refractivity (Wildman–Crippen MR) is 347 cm³/mol. The molecule has 0 saturated heterocycles. The Morgan fingerprint density at radius 3 is 1.51 bits per heavy atom. The zero-order valence-electron chi connectivity index (χ0n) is 47.0. The van der Waals surface area contributed by atoms with Gasteiger partial charge in [-0.3, -0.25) is 0 Å². The number of para-hydroxylation sites is 1. The summed E-state index contributed by atoms with van der Waals surface area (Å²) in [5.41, 5.74) is 23.8. The molecule has 0 aromatic heterocycles. The number of hydrogen-bond donors (Lipinski definition) is 0. The Kier molecular flexibility index (Phi) is 12.6. The first-order chi connectivity index (χ1) is 40.1. The van der Waals surface area contributed by atoms with Crippen LogP contribution in [0.4, 0.5) is 21.5 Å². The third-order valence-corrected chi connectivity index (χ3v) is 17.0. The standard InChI is InChI=1S/C78H59BFNO/c1-48-39-50(3)76(51(4)40-48)79(77-52(5)41-49(2)42-53(77)6)70-47-68-65-30-20-32-73-75(65)69(46-67(68)62-28-16-17-29-63(62)70)64-38-35-58(45-74(64)82-73)55-33-36-60(37-34-55)81(72-31-19-18-27-61(72)56-23-12-8-13-24-56)78-66(57-25-14-9-15-26-57)43-59(44-71(78)80)54-21-10-7-11-22-54/h7-47H,1-6H3. The zero-order valence-corrected chi connectivity index (χ0v) is 47.0. The fourth-order valence-electron chi connectivity index (χ4n) is 13.6. The van der Waals surface area contributed by atoms with Gasteiger partial charge in [0.1, 0.15) is 17.3 Å². The number of halogens is 1. The minimum absolute atomic E-state index is 0.0124. The summed E-state index contributed by atoms with van der Waals surface area (Å²) >= 11 is 0. The lowest BCUT2D eigenvalue weighted by Gasteiger charge is -2.31. The highest BCUT2D eigenvalue weighted by Crippen LogP contribution is 2.52. The molecule has 14 rings (SSSR count). The van der Waals surface area contributed by atoms with E-state index in [1.807, 2.05) is 60.7 Å². The Balaban J connectivity index is 0.903. The third-order valence-electron chi connectivity index (χ3n) is 17.0. The second-order valence-corrected chi connectivity index (χ2v) is 22.4. The summed E-state index contributed by atoms with van der Waals surface area (Å²) in [4.78, 5) is 2.10. The Morgan fingerprint density at radius 2 is 0.866 bits per heavy atom. The maximum Gasteiger partial charge on any atom is 0.243 e. The van der Waals surface area contributed by atoms with Crippen LogP contribution in [0, 0.1) is 47.4 Å². The lowest BCUT2D eigenvalue weighted by Crippen LogP contribution is -2.56. The second-order valence-electron chi connectivity index (χ2n) is 22.4. The molecule has 0 spiro atoms. The maximum atomic E-state index is 17.7. The lowest BCUT2D eigenvalue weighted by atomic mass is 9.33. The summed E-state index contributed by atoms with van der Waals surface area (Å²) in [6.07, 6.45) is 0. The van der Waals surface area contributed by atoms with Crippen molar-refractivity contribution in [2.75, 3.05) is 4.90 Å². The molecule has 0 bridgehead atoms. The molecule has 82 heavy (non-hydrogen) atoms. The first kappa shape index (κ1) is 50.5.